The SMILES string of the molecule is Cc1cnc(CC2CCNCC2)nc1C. The lowest BCUT2D eigenvalue weighted by molar-refractivity contribution is 0.367. The number of nitrogens with zero attached hydrogens (tertiary/aromatic N) is 2. The van der Waals surface area contributed by atoms with Gasteiger partial charge >= 0.3 is 0 Å². The monoisotopic (exact) mass is 205 g/mol. The summed E-state index contributed by atoms with van der Waals surface area (Å²) >= 11 is 0. The van der Waals surface area contributed by atoms with Crippen LogP contribution < -0.4 is 5.32 Å². The van der Waals surface area contributed by atoms with Gasteiger partial charge in [0.2, 0.25) is 0 Å². The van der Waals surface area contributed by atoms with Crippen molar-refractivity contribution in [3.05, 3.63) is 23.3 Å². The Bertz CT molecular complexity index is 330. The number of piperidine rings is 1. The van der Waals surface area contributed by atoms with E-state index in [-0.39, 0.29) is 0 Å². The first kappa shape index (κ1) is 10.6. The Hall–Kier alpha value is -0.960. The van der Waals surface area contributed by atoms with Crippen molar-refractivity contribution >= 4 is 0 Å². The molecule has 82 valence electrons. The first-order chi connectivity index (χ1) is 7.25. The van der Waals surface area contributed by atoms with E-state index in [4.69, 9.17) is 0 Å². The maximum absolute atomic E-state index is 4.54. The molecule has 0 saturated carbocycles. The van der Waals surface area contributed by atoms with Crippen LogP contribution in [0.25, 0.3) is 0 Å². The molecule has 3 nitrogen and oxygen atoms in total. The van der Waals surface area contributed by atoms with Crippen molar-refractivity contribution in [2.24, 2.45) is 5.92 Å². The van der Waals surface area contributed by atoms with Gasteiger partial charge in [0.05, 0.1) is 0 Å². The molecule has 1 aliphatic heterocycles. The average Bonchev–Trinajstić information content (AvgIpc) is 2.25. The van der Waals surface area contributed by atoms with Crippen molar-refractivity contribution in [3.8, 4) is 0 Å². The van der Waals surface area contributed by atoms with Crippen LogP contribution in [0.15, 0.2) is 6.20 Å². The van der Waals surface area contributed by atoms with Crippen molar-refractivity contribution in [2.45, 2.75) is 33.1 Å². The Labute approximate surface area is 91.3 Å². The lowest BCUT2D eigenvalue weighted by Crippen LogP contribution is -2.29. The third-order valence-corrected chi connectivity index (χ3v) is 3.20. The Balaban J connectivity index is 2.00. The van der Waals surface area contributed by atoms with E-state index >= 15 is 0 Å². The van der Waals surface area contributed by atoms with Crippen LogP contribution in [-0.2, 0) is 6.42 Å². The molecule has 0 aromatic carbocycles. The van der Waals surface area contributed by atoms with Gasteiger partial charge in [-0.2, -0.15) is 0 Å². The molecule has 0 aliphatic carbocycles. The summed E-state index contributed by atoms with van der Waals surface area (Å²) in [6.07, 6.45) is 5.51. The molecule has 1 aromatic heterocycles. The Kier molecular flexibility index (Phi) is 3.31. The smallest absolute Gasteiger partial charge is 0.128 e. The molecule has 1 saturated heterocycles. The fourth-order valence-electron chi connectivity index (χ4n) is 2.02. The molecule has 1 fully saturated rings. The normalized spacial score (nSPS) is 18.0. The Morgan fingerprint density at radius 2 is 2.07 bits per heavy atom. The predicted octanol–water partition coefficient (Wildman–Crippen LogP) is 1.64. The summed E-state index contributed by atoms with van der Waals surface area (Å²) in [6, 6.07) is 0. The van der Waals surface area contributed by atoms with Gasteiger partial charge in [-0.3, -0.25) is 0 Å². The summed E-state index contributed by atoms with van der Waals surface area (Å²) in [6.45, 7) is 6.41. The molecule has 0 radical (unpaired) electrons. The summed E-state index contributed by atoms with van der Waals surface area (Å²) in [5, 5.41) is 3.38. The van der Waals surface area contributed by atoms with E-state index in [0.717, 1.165) is 36.9 Å². The Morgan fingerprint density at radius 3 is 2.73 bits per heavy atom. The van der Waals surface area contributed by atoms with Crippen molar-refractivity contribution in [1.82, 2.24) is 15.3 Å². The highest BCUT2D eigenvalue weighted by molar-refractivity contribution is 5.13. The molecular formula is C12H19N3. The van der Waals surface area contributed by atoms with Crippen LogP contribution in [-0.4, -0.2) is 23.1 Å². The molecular weight excluding hydrogens is 186 g/mol. The highest BCUT2D eigenvalue weighted by Gasteiger charge is 2.14. The number of rotatable bonds is 2. The van der Waals surface area contributed by atoms with Gasteiger partial charge in [0.25, 0.3) is 0 Å². The largest absolute Gasteiger partial charge is 0.317 e. The van der Waals surface area contributed by atoms with E-state index in [1.54, 1.807) is 0 Å². The average molecular weight is 205 g/mol. The third kappa shape index (κ3) is 2.75. The van der Waals surface area contributed by atoms with Crippen molar-refractivity contribution < 1.29 is 0 Å². The summed E-state index contributed by atoms with van der Waals surface area (Å²) < 4.78 is 0. The minimum Gasteiger partial charge on any atom is -0.317 e. The summed E-state index contributed by atoms with van der Waals surface area (Å²) in [7, 11) is 0. The number of nitrogens with one attached hydrogen (secondary N) is 1. The maximum Gasteiger partial charge on any atom is 0.128 e. The van der Waals surface area contributed by atoms with Gasteiger partial charge in [0, 0.05) is 18.3 Å². The lowest BCUT2D eigenvalue weighted by Gasteiger charge is -2.21. The first-order valence-electron chi connectivity index (χ1n) is 5.75. The highest BCUT2D eigenvalue weighted by Crippen LogP contribution is 2.16. The molecule has 0 amide bonds. The quantitative estimate of drug-likeness (QED) is 0.797. The van der Waals surface area contributed by atoms with Gasteiger partial charge in [-0.05, 0) is 51.3 Å². The van der Waals surface area contributed by atoms with E-state index in [0.29, 0.717) is 0 Å². The zero-order valence-corrected chi connectivity index (χ0v) is 9.58. The van der Waals surface area contributed by atoms with Crippen molar-refractivity contribution in [2.75, 3.05) is 13.1 Å². The van der Waals surface area contributed by atoms with Gasteiger partial charge in [-0.15, -0.1) is 0 Å². The van der Waals surface area contributed by atoms with E-state index in [1.165, 1.54) is 18.4 Å². The van der Waals surface area contributed by atoms with Gasteiger partial charge in [-0.25, -0.2) is 9.97 Å². The van der Waals surface area contributed by atoms with Crippen LogP contribution in [0.1, 0.15) is 29.9 Å². The van der Waals surface area contributed by atoms with Crippen molar-refractivity contribution in [1.29, 1.82) is 0 Å². The fourth-order valence-corrected chi connectivity index (χ4v) is 2.02. The van der Waals surface area contributed by atoms with Crippen LogP contribution in [0.2, 0.25) is 0 Å². The van der Waals surface area contributed by atoms with Crippen LogP contribution in [0, 0.1) is 19.8 Å². The van der Waals surface area contributed by atoms with Gasteiger partial charge in [0.15, 0.2) is 0 Å². The molecule has 0 unspecified atom stereocenters. The minimum absolute atomic E-state index is 0.772. The first-order valence-corrected chi connectivity index (χ1v) is 5.75. The van der Waals surface area contributed by atoms with Crippen LogP contribution in [0.5, 0.6) is 0 Å². The number of aryl methyl sites for hydroxylation is 2. The van der Waals surface area contributed by atoms with E-state index in [9.17, 15) is 0 Å². The second-order valence-corrected chi connectivity index (χ2v) is 4.45. The molecule has 3 heteroatoms. The second kappa shape index (κ2) is 4.71. The Morgan fingerprint density at radius 1 is 1.33 bits per heavy atom. The number of aromatic nitrogens is 2. The predicted molar refractivity (Wildman–Crippen MR) is 60.8 cm³/mol. The van der Waals surface area contributed by atoms with E-state index in [1.807, 2.05) is 6.20 Å². The number of hydrogen-bond acceptors (Lipinski definition) is 3. The zero-order chi connectivity index (χ0) is 10.7. The molecule has 0 bridgehead atoms. The fraction of sp³-hybridized carbons (Fsp3) is 0.667. The second-order valence-electron chi connectivity index (χ2n) is 4.45. The zero-order valence-electron chi connectivity index (χ0n) is 9.58. The molecule has 2 heterocycles. The third-order valence-electron chi connectivity index (χ3n) is 3.20. The highest BCUT2D eigenvalue weighted by atomic mass is 14.9. The topological polar surface area (TPSA) is 37.8 Å². The maximum atomic E-state index is 4.54. The molecule has 0 atom stereocenters. The van der Waals surface area contributed by atoms with E-state index < -0.39 is 0 Å². The summed E-state index contributed by atoms with van der Waals surface area (Å²) in [5.41, 5.74) is 2.30. The number of hydrogen-bond donors (Lipinski definition) is 1. The van der Waals surface area contributed by atoms with Crippen LogP contribution in [0.4, 0.5) is 0 Å². The lowest BCUT2D eigenvalue weighted by atomic mass is 9.94. The van der Waals surface area contributed by atoms with Crippen molar-refractivity contribution in [3.63, 3.8) is 0 Å². The van der Waals surface area contributed by atoms with Crippen LogP contribution in [0.3, 0.4) is 0 Å². The molecule has 1 aliphatic rings. The van der Waals surface area contributed by atoms with Gasteiger partial charge < -0.3 is 5.32 Å². The summed E-state index contributed by atoms with van der Waals surface area (Å²) in [5.74, 6) is 1.79. The standard InChI is InChI=1S/C12H19N3/c1-9-8-14-12(15-10(9)2)7-11-3-5-13-6-4-11/h8,11,13H,3-7H2,1-2H3. The van der Waals surface area contributed by atoms with Crippen LogP contribution >= 0.6 is 0 Å². The van der Waals surface area contributed by atoms with E-state index in [2.05, 4.69) is 29.1 Å². The molecule has 2 rings (SSSR count). The summed E-state index contributed by atoms with van der Waals surface area (Å²) in [4.78, 5) is 8.94. The molecule has 15 heavy (non-hydrogen) atoms. The molecule has 1 N–H and O–H groups in total. The van der Waals surface area contributed by atoms with Gasteiger partial charge in [0.1, 0.15) is 5.82 Å². The molecule has 1 aromatic rings. The minimum atomic E-state index is 0.772. The molecule has 0 spiro atoms. The van der Waals surface area contributed by atoms with Gasteiger partial charge in [-0.1, -0.05) is 0 Å².